The van der Waals surface area contributed by atoms with Gasteiger partial charge in [0.15, 0.2) is 0 Å². The summed E-state index contributed by atoms with van der Waals surface area (Å²) in [5, 5.41) is 15.5. The molecule has 0 saturated heterocycles. The molecule has 0 saturated carbocycles. The first kappa shape index (κ1) is 20.4. The van der Waals surface area contributed by atoms with Gasteiger partial charge in [-0.25, -0.2) is 0 Å². The van der Waals surface area contributed by atoms with Crippen molar-refractivity contribution in [2.75, 3.05) is 5.75 Å². The largest absolute Gasteiger partial charge is 0.543 e. The highest BCUT2D eigenvalue weighted by Gasteiger charge is 2.14. The molecule has 0 atom stereocenters. The molecule has 144 valence electrons. The Hall–Kier alpha value is -2.38. The van der Waals surface area contributed by atoms with Gasteiger partial charge in [0.25, 0.3) is 0 Å². The topological polar surface area (TPSA) is 75.0 Å². The molecule has 3 rings (SSSR count). The molecule has 0 fully saturated rings. The molecule has 0 aliphatic heterocycles. The van der Waals surface area contributed by atoms with Crippen molar-refractivity contribution in [1.82, 2.24) is 9.78 Å². The van der Waals surface area contributed by atoms with Crippen LogP contribution in [0.25, 0.3) is 0 Å². The highest BCUT2D eigenvalue weighted by Crippen LogP contribution is 2.21. The lowest BCUT2D eigenvalue weighted by Crippen LogP contribution is -2.25. The van der Waals surface area contributed by atoms with E-state index in [0.29, 0.717) is 12.1 Å². The number of carbonyl (C=O) groups is 2. The van der Waals surface area contributed by atoms with Gasteiger partial charge in [-0.15, -0.1) is 11.8 Å². The minimum absolute atomic E-state index is 0.0260. The number of nitrogens with zero attached hydrogens (tertiary/aromatic N) is 2. The summed E-state index contributed by atoms with van der Waals surface area (Å²) in [5.74, 6) is -1.15. The van der Waals surface area contributed by atoms with Crippen LogP contribution in [-0.2, 0) is 24.2 Å². The fourth-order valence-electron chi connectivity index (χ4n) is 2.72. The van der Waals surface area contributed by atoms with E-state index in [2.05, 4.69) is 21.0 Å². The Kier molecular flexibility index (Phi) is 7.06. The first-order valence-corrected chi connectivity index (χ1v) is 10.5. The first-order chi connectivity index (χ1) is 13.5. The maximum atomic E-state index is 12.3. The van der Waals surface area contributed by atoms with Crippen molar-refractivity contribution < 1.29 is 14.7 Å². The van der Waals surface area contributed by atoms with E-state index in [1.807, 2.05) is 54.6 Å². The molecule has 0 radical (unpaired) electrons. The lowest BCUT2D eigenvalue weighted by molar-refractivity contribution is -0.255. The van der Waals surface area contributed by atoms with Crippen LogP contribution in [0.1, 0.15) is 21.6 Å². The van der Waals surface area contributed by atoms with Gasteiger partial charge >= 0.3 is 0 Å². The lowest BCUT2D eigenvalue weighted by Gasteiger charge is -2.03. The molecular formula is C21H18BrN2O3S-. The van der Waals surface area contributed by atoms with Crippen LogP contribution < -0.4 is 5.11 Å². The summed E-state index contributed by atoms with van der Waals surface area (Å²) in [5.41, 5.74) is 1.38. The summed E-state index contributed by atoms with van der Waals surface area (Å²) < 4.78 is 2.55. The van der Waals surface area contributed by atoms with Gasteiger partial charge in [0.2, 0.25) is 0 Å². The van der Waals surface area contributed by atoms with E-state index in [1.54, 1.807) is 10.9 Å². The lowest BCUT2D eigenvalue weighted by atomic mass is 10.1. The normalized spacial score (nSPS) is 10.8. The third kappa shape index (κ3) is 5.81. The fraction of sp³-hybridized carbons (Fsp3) is 0.190. The number of rotatable bonds is 9. The molecule has 2 aromatic carbocycles. The van der Waals surface area contributed by atoms with E-state index in [4.69, 9.17) is 0 Å². The van der Waals surface area contributed by atoms with Crippen molar-refractivity contribution in [3.63, 3.8) is 0 Å². The highest BCUT2D eigenvalue weighted by molar-refractivity contribution is 9.10. The van der Waals surface area contributed by atoms with Gasteiger partial charge in [0, 0.05) is 34.1 Å². The zero-order valence-electron chi connectivity index (χ0n) is 15.0. The second-order valence-electron chi connectivity index (χ2n) is 6.25. The van der Waals surface area contributed by atoms with Crippen molar-refractivity contribution in [3.05, 3.63) is 82.1 Å². The number of halogens is 1. The van der Waals surface area contributed by atoms with Crippen LogP contribution in [0.5, 0.6) is 0 Å². The van der Waals surface area contributed by atoms with E-state index in [9.17, 15) is 14.7 Å². The van der Waals surface area contributed by atoms with Gasteiger partial charge in [-0.3, -0.25) is 9.48 Å². The number of hydrogen-bond donors (Lipinski definition) is 0. The van der Waals surface area contributed by atoms with Gasteiger partial charge < -0.3 is 9.90 Å². The number of carbonyl (C=O) groups excluding carboxylic acids is 2. The van der Waals surface area contributed by atoms with Gasteiger partial charge in [-0.1, -0.05) is 46.3 Å². The predicted molar refractivity (Wildman–Crippen MR) is 110 cm³/mol. The molecule has 0 bridgehead atoms. The van der Waals surface area contributed by atoms with Crippen molar-refractivity contribution in [3.8, 4) is 0 Å². The summed E-state index contributed by atoms with van der Waals surface area (Å²) in [4.78, 5) is 24.7. The number of hydrogen-bond acceptors (Lipinski definition) is 5. The molecule has 28 heavy (non-hydrogen) atoms. The molecule has 1 aromatic heterocycles. The summed E-state index contributed by atoms with van der Waals surface area (Å²) in [6, 6.07) is 17.6. The molecule has 0 aliphatic carbocycles. The molecule has 5 nitrogen and oxygen atoms in total. The third-order valence-corrected chi connectivity index (χ3v) is 5.70. The molecule has 0 amide bonds. The highest BCUT2D eigenvalue weighted by atomic mass is 79.9. The van der Waals surface area contributed by atoms with Crippen molar-refractivity contribution in [2.24, 2.45) is 0 Å². The smallest absolute Gasteiger partial charge is 0.147 e. The number of aromatic carboxylic acids is 1. The molecule has 0 N–H and O–H groups in total. The summed E-state index contributed by atoms with van der Waals surface area (Å²) in [7, 11) is 0. The minimum Gasteiger partial charge on any atom is -0.543 e. The van der Waals surface area contributed by atoms with Crippen LogP contribution in [-0.4, -0.2) is 27.3 Å². The van der Waals surface area contributed by atoms with Gasteiger partial charge in [0.05, 0.1) is 11.7 Å². The van der Waals surface area contributed by atoms with Gasteiger partial charge in [-0.05, 0) is 36.2 Å². The van der Waals surface area contributed by atoms with Gasteiger partial charge in [0.1, 0.15) is 11.5 Å². The number of carboxylic acid groups (broad SMARTS) is 1. The molecule has 0 aliphatic rings. The fourth-order valence-corrected chi connectivity index (χ4v) is 3.75. The van der Waals surface area contributed by atoms with E-state index >= 15 is 0 Å². The second-order valence-corrected chi connectivity index (χ2v) is 8.21. The van der Waals surface area contributed by atoms with E-state index in [0.717, 1.165) is 21.4 Å². The number of aryl methyl sites for hydroxylation is 2. The Morgan fingerprint density at radius 3 is 2.46 bits per heavy atom. The molecule has 0 spiro atoms. The van der Waals surface area contributed by atoms with Gasteiger partial charge in [-0.2, -0.15) is 5.10 Å². The first-order valence-electron chi connectivity index (χ1n) is 8.73. The maximum Gasteiger partial charge on any atom is 0.147 e. The molecule has 1 heterocycles. The predicted octanol–water partition coefficient (Wildman–Crippen LogP) is 3.16. The van der Waals surface area contributed by atoms with Crippen LogP contribution >= 0.6 is 27.7 Å². The number of carboxylic acids is 1. The number of thioether (sulfide) groups is 1. The average molecular weight is 458 g/mol. The third-order valence-electron chi connectivity index (χ3n) is 4.10. The Morgan fingerprint density at radius 1 is 1.07 bits per heavy atom. The zero-order chi connectivity index (χ0) is 19.9. The van der Waals surface area contributed by atoms with Crippen molar-refractivity contribution >= 4 is 39.4 Å². The van der Waals surface area contributed by atoms with Crippen molar-refractivity contribution in [1.29, 1.82) is 0 Å². The second kappa shape index (κ2) is 9.71. The molecular weight excluding hydrogens is 440 g/mol. The number of aromatic nitrogens is 2. The van der Waals surface area contributed by atoms with Crippen LogP contribution in [0.2, 0.25) is 0 Å². The van der Waals surface area contributed by atoms with E-state index in [-0.39, 0.29) is 23.7 Å². The Balaban J connectivity index is 1.61. The molecule has 3 aromatic rings. The Labute approximate surface area is 175 Å². The number of ketones is 1. The summed E-state index contributed by atoms with van der Waals surface area (Å²) in [6.45, 7) is 0.534. The van der Waals surface area contributed by atoms with E-state index < -0.39 is 5.97 Å². The quantitative estimate of drug-likeness (QED) is 0.461. The summed E-state index contributed by atoms with van der Waals surface area (Å²) >= 11 is 4.80. The Bertz CT molecular complexity index is 956. The van der Waals surface area contributed by atoms with Crippen LogP contribution in [0.15, 0.2) is 70.2 Å². The summed E-state index contributed by atoms with van der Waals surface area (Å²) in [6.07, 6.45) is 2.39. The molecule has 0 unspecified atom stereocenters. The average Bonchev–Trinajstić information content (AvgIpc) is 3.10. The van der Waals surface area contributed by atoms with Crippen LogP contribution in [0, 0.1) is 0 Å². The Morgan fingerprint density at radius 2 is 1.79 bits per heavy atom. The maximum absolute atomic E-state index is 12.3. The van der Waals surface area contributed by atoms with Crippen LogP contribution in [0.4, 0.5) is 0 Å². The minimum atomic E-state index is -1.36. The standard InChI is InChI=1S/C21H19BrN2O3S/c22-17-6-8-19(9-7-17)28-14-18(25)12-16-13-24(23-20(16)21(26)27)11-10-15-4-2-1-3-5-15/h1-9,13H,10-12,14H2,(H,26,27)/p-1. The monoisotopic (exact) mass is 457 g/mol. The van der Waals surface area contributed by atoms with Crippen LogP contribution in [0.3, 0.4) is 0 Å². The molecule has 7 heteroatoms. The number of benzene rings is 2. The van der Waals surface area contributed by atoms with Crippen molar-refractivity contribution in [2.45, 2.75) is 24.3 Å². The zero-order valence-corrected chi connectivity index (χ0v) is 17.4. The number of Topliss-reactive ketones (excluding diaryl/α,β-unsaturated/α-hetero) is 1. The SMILES string of the molecule is O=C(CSc1ccc(Br)cc1)Cc1cn(CCc2ccccc2)nc1C(=O)[O-]. The van der Waals surface area contributed by atoms with E-state index in [1.165, 1.54) is 11.8 Å².